The third-order valence-electron chi connectivity index (χ3n) is 11.0. The lowest BCUT2D eigenvalue weighted by atomic mass is 9.45. The molecule has 2 spiro atoms. The number of carbonyl (C=O) groups is 1. The first-order valence-corrected chi connectivity index (χ1v) is 14.7. The Balaban J connectivity index is 1.23. The molecule has 2 aromatic rings. The van der Waals surface area contributed by atoms with Gasteiger partial charge in [-0.1, -0.05) is 12.1 Å². The summed E-state index contributed by atoms with van der Waals surface area (Å²) in [5, 5.41) is 12.9. The van der Waals surface area contributed by atoms with E-state index in [1.807, 2.05) is 30.3 Å². The van der Waals surface area contributed by atoms with Crippen molar-refractivity contribution in [2.75, 3.05) is 26.7 Å². The van der Waals surface area contributed by atoms with Crippen LogP contribution in [0.2, 0.25) is 0 Å². The molecule has 0 radical (unpaired) electrons. The highest BCUT2D eigenvalue weighted by atomic mass is 16.5. The van der Waals surface area contributed by atoms with Crippen LogP contribution in [0.15, 0.2) is 42.6 Å². The zero-order chi connectivity index (χ0) is 26.4. The van der Waals surface area contributed by atoms with Crippen molar-refractivity contribution in [2.24, 2.45) is 5.92 Å². The molecule has 2 saturated heterocycles. The largest absolute Gasteiger partial charge is 0.493 e. The third-order valence-corrected chi connectivity index (χ3v) is 11.0. The van der Waals surface area contributed by atoms with Gasteiger partial charge in [-0.2, -0.15) is 0 Å². The smallest absolute Gasteiger partial charge is 0.247 e. The maximum absolute atomic E-state index is 13.8. The average Bonchev–Trinajstić information content (AvgIpc) is 3.55. The van der Waals surface area contributed by atoms with Crippen LogP contribution >= 0.6 is 0 Å². The summed E-state index contributed by atoms with van der Waals surface area (Å²) < 4.78 is 12.9. The van der Waals surface area contributed by atoms with Crippen LogP contribution in [0.5, 0.6) is 11.5 Å². The number of carbonyl (C=O) groups excluding carboxylic acids is 1. The van der Waals surface area contributed by atoms with Gasteiger partial charge in [0.1, 0.15) is 6.10 Å². The highest BCUT2D eigenvalue weighted by Crippen LogP contribution is 2.69. The summed E-state index contributed by atoms with van der Waals surface area (Å²) in [5.41, 5.74) is 1.33. The topological polar surface area (TPSA) is 75.1 Å². The van der Waals surface area contributed by atoms with Crippen LogP contribution < -0.4 is 9.47 Å². The maximum atomic E-state index is 13.8. The van der Waals surface area contributed by atoms with Gasteiger partial charge in [-0.25, -0.2) is 0 Å². The molecule has 1 aromatic carbocycles. The lowest BCUT2D eigenvalue weighted by molar-refractivity contribution is -0.216. The molecule has 0 unspecified atom stereocenters. The van der Waals surface area contributed by atoms with Gasteiger partial charge in [0.15, 0.2) is 11.5 Å². The van der Waals surface area contributed by atoms with Crippen LogP contribution in [0.4, 0.5) is 0 Å². The maximum Gasteiger partial charge on any atom is 0.247 e. The van der Waals surface area contributed by atoms with Gasteiger partial charge in [-0.05, 0) is 93.7 Å². The molecule has 8 rings (SSSR count). The van der Waals surface area contributed by atoms with Gasteiger partial charge < -0.3 is 19.5 Å². The lowest BCUT2D eigenvalue weighted by Gasteiger charge is -2.67. The molecule has 1 N–H and O–H groups in total. The lowest BCUT2D eigenvalue weighted by Crippen LogP contribution is -2.80. The van der Waals surface area contributed by atoms with E-state index in [1.54, 1.807) is 19.4 Å². The number of hydrogen-bond donors (Lipinski definition) is 1. The Morgan fingerprint density at radius 2 is 2.08 bits per heavy atom. The molecule has 6 aliphatic rings. The molecule has 7 nitrogen and oxygen atoms in total. The number of nitrogens with zero attached hydrogens (tertiary/aromatic N) is 3. The third kappa shape index (κ3) is 3.12. The van der Waals surface area contributed by atoms with Crippen LogP contribution in [0, 0.1) is 5.92 Å². The van der Waals surface area contributed by atoms with Crippen LogP contribution in [-0.4, -0.2) is 75.8 Å². The molecule has 3 aliphatic heterocycles. The molecule has 3 aliphatic carbocycles. The molecule has 4 heterocycles. The Kier molecular flexibility index (Phi) is 5.10. The van der Waals surface area contributed by atoms with Crippen LogP contribution in [0.25, 0.3) is 6.08 Å². The van der Waals surface area contributed by atoms with Gasteiger partial charge in [-0.15, -0.1) is 0 Å². The van der Waals surface area contributed by atoms with E-state index in [0.29, 0.717) is 13.0 Å². The summed E-state index contributed by atoms with van der Waals surface area (Å²) >= 11 is 0. The Morgan fingerprint density at radius 3 is 2.87 bits per heavy atom. The number of fused-ring (bicyclic) bond motifs is 1. The number of aromatic nitrogens is 1. The van der Waals surface area contributed by atoms with E-state index in [0.717, 1.165) is 68.3 Å². The predicted molar refractivity (Wildman–Crippen MR) is 147 cm³/mol. The first-order chi connectivity index (χ1) is 19.0. The minimum Gasteiger partial charge on any atom is -0.493 e. The number of rotatable bonds is 5. The van der Waals surface area contributed by atoms with E-state index in [2.05, 4.69) is 20.9 Å². The standard InChI is InChI=1S/C32H37N3O4/c1-38-24-10-8-22-19-25-32(37)14-13-30(12-4-17-35(30)26(36)11-9-23-5-2-3-16-33-23)29-31(32,27(22)28(24)39-29)15-18-34(25)20-21-6-7-21/h2-3,5,8-11,16,21,25,29,37H,4,6-7,12-15,17-20H2,1H3/b11-9+/t25-,29+,30-,31+,32-/m1/s1. The van der Waals surface area contributed by atoms with Gasteiger partial charge >= 0.3 is 0 Å². The normalized spacial score (nSPS) is 36.3. The van der Waals surface area contributed by atoms with E-state index in [1.165, 1.54) is 24.0 Å². The number of aliphatic hydroxyl groups is 1. The molecule has 7 heteroatoms. The van der Waals surface area contributed by atoms with Crippen molar-refractivity contribution < 1.29 is 19.4 Å². The molecule has 39 heavy (non-hydrogen) atoms. The molecule has 5 atom stereocenters. The first kappa shape index (κ1) is 23.9. The minimum absolute atomic E-state index is 0.00488. The SMILES string of the molecule is COc1ccc2c3c1O[C@H]1[C@@]4(CCCN4C(=O)/C=C/c4ccccn4)CC[C@@]4(O)[C@@H](C2)N(CC2CC2)CC[C@]314. The predicted octanol–water partition coefficient (Wildman–Crippen LogP) is 3.73. The summed E-state index contributed by atoms with van der Waals surface area (Å²) in [7, 11) is 1.70. The molecule has 2 bridgehead atoms. The second-order valence-electron chi connectivity index (χ2n) is 12.7. The molecule has 204 valence electrons. The Labute approximate surface area is 229 Å². The number of piperidine rings is 1. The van der Waals surface area contributed by atoms with E-state index < -0.39 is 16.6 Å². The molecule has 1 aromatic heterocycles. The quantitative estimate of drug-likeness (QED) is 0.598. The minimum atomic E-state index is -0.887. The number of methoxy groups -OCH3 is 1. The highest BCUT2D eigenvalue weighted by molar-refractivity contribution is 5.92. The fraction of sp³-hybridized carbons (Fsp3) is 0.562. The highest BCUT2D eigenvalue weighted by Gasteiger charge is 2.77. The first-order valence-electron chi connectivity index (χ1n) is 14.7. The van der Waals surface area contributed by atoms with Crippen molar-refractivity contribution in [3.8, 4) is 11.5 Å². The van der Waals surface area contributed by atoms with E-state index in [9.17, 15) is 9.90 Å². The number of pyridine rings is 1. The average molecular weight is 528 g/mol. The second-order valence-corrected chi connectivity index (χ2v) is 12.7. The van der Waals surface area contributed by atoms with Crippen molar-refractivity contribution >= 4 is 12.0 Å². The monoisotopic (exact) mass is 527 g/mol. The Hall–Kier alpha value is -2.90. The molecule has 2 saturated carbocycles. The Bertz CT molecular complexity index is 1360. The number of benzene rings is 1. The van der Waals surface area contributed by atoms with Crippen molar-refractivity contribution in [3.63, 3.8) is 0 Å². The van der Waals surface area contributed by atoms with E-state index >= 15 is 0 Å². The van der Waals surface area contributed by atoms with Crippen LogP contribution in [-0.2, 0) is 16.6 Å². The van der Waals surface area contributed by atoms with Crippen LogP contribution in [0.3, 0.4) is 0 Å². The van der Waals surface area contributed by atoms with E-state index in [-0.39, 0.29) is 18.1 Å². The van der Waals surface area contributed by atoms with Gasteiger partial charge in [0, 0.05) is 37.0 Å². The van der Waals surface area contributed by atoms with Gasteiger partial charge in [-0.3, -0.25) is 14.7 Å². The van der Waals surface area contributed by atoms with Crippen molar-refractivity contribution in [2.45, 2.75) is 80.1 Å². The van der Waals surface area contributed by atoms with Crippen LogP contribution in [0.1, 0.15) is 61.8 Å². The van der Waals surface area contributed by atoms with Crippen molar-refractivity contribution in [1.82, 2.24) is 14.8 Å². The number of ether oxygens (including phenoxy) is 2. The fourth-order valence-corrected chi connectivity index (χ4v) is 9.22. The molecule has 1 amide bonds. The van der Waals surface area contributed by atoms with Crippen molar-refractivity contribution in [1.29, 1.82) is 0 Å². The van der Waals surface area contributed by atoms with Crippen molar-refractivity contribution in [3.05, 3.63) is 59.4 Å². The van der Waals surface area contributed by atoms with Gasteiger partial charge in [0.05, 0.1) is 29.4 Å². The summed E-state index contributed by atoms with van der Waals surface area (Å²) in [6.07, 6.45) is 12.5. The van der Waals surface area contributed by atoms with Gasteiger partial charge in [0.25, 0.3) is 0 Å². The fourth-order valence-electron chi connectivity index (χ4n) is 9.22. The summed E-state index contributed by atoms with van der Waals surface area (Å²) in [4.78, 5) is 22.9. The molecular weight excluding hydrogens is 490 g/mol. The number of amides is 1. The summed E-state index contributed by atoms with van der Waals surface area (Å²) in [6.45, 7) is 2.75. The second kappa shape index (κ2) is 8.31. The van der Waals surface area contributed by atoms with E-state index in [4.69, 9.17) is 9.47 Å². The molecular formula is C32H37N3O4. The zero-order valence-corrected chi connectivity index (χ0v) is 22.6. The number of likely N-dealkylation sites (tertiary alicyclic amines) is 2. The van der Waals surface area contributed by atoms with Gasteiger partial charge in [0.2, 0.25) is 5.91 Å². The summed E-state index contributed by atoms with van der Waals surface area (Å²) in [5.74, 6) is 2.32. The molecule has 4 fully saturated rings. The zero-order valence-electron chi connectivity index (χ0n) is 22.6. The Morgan fingerprint density at radius 1 is 1.18 bits per heavy atom. The number of hydrogen-bond acceptors (Lipinski definition) is 6. The summed E-state index contributed by atoms with van der Waals surface area (Å²) in [6, 6.07) is 10.0.